The van der Waals surface area contributed by atoms with Crippen molar-refractivity contribution in [3.8, 4) is 11.6 Å². The lowest BCUT2D eigenvalue weighted by atomic mass is 9.96. The fraction of sp³-hybridized carbons (Fsp3) is 0.542. The number of anilines is 1. The third-order valence-electron chi connectivity index (χ3n) is 6.11. The Kier molecular flexibility index (Phi) is 6.96. The van der Waals surface area contributed by atoms with Gasteiger partial charge in [0.15, 0.2) is 5.82 Å². The summed E-state index contributed by atoms with van der Waals surface area (Å²) >= 11 is 6.60. The van der Waals surface area contributed by atoms with Gasteiger partial charge in [-0.15, -0.1) is 0 Å². The van der Waals surface area contributed by atoms with Crippen molar-refractivity contribution in [1.29, 1.82) is 0 Å². The molecule has 1 saturated carbocycles. The van der Waals surface area contributed by atoms with Crippen LogP contribution in [0.3, 0.4) is 0 Å². The van der Waals surface area contributed by atoms with Crippen LogP contribution in [0, 0.1) is 0 Å². The number of hydrogen-bond donors (Lipinski definition) is 0. The van der Waals surface area contributed by atoms with Gasteiger partial charge in [-0.1, -0.05) is 30.7 Å². The van der Waals surface area contributed by atoms with Gasteiger partial charge in [0, 0.05) is 19.4 Å². The van der Waals surface area contributed by atoms with E-state index in [-0.39, 0.29) is 23.9 Å². The molecule has 0 amide bonds. The number of halogens is 1. The normalized spacial score (nSPS) is 20.1. The standard InChI is InChI=1S/C24H30ClN3O3/c1-16(13-17(2)29)18-7-9-20(10-8-18)30-21-11-12-28(14-21)23-22(25)24(27-15-26-23)31-19-5-3-4-6-19/h7-10,15-16,19,21H,3-6,11-14H2,1-2H3/t16-,21-/m1/s1. The highest BCUT2D eigenvalue weighted by Gasteiger charge is 2.28. The predicted molar refractivity (Wildman–Crippen MR) is 121 cm³/mol. The van der Waals surface area contributed by atoms with Crippen LogP contribution in [0.25, 0.3) is 0 Å². The molecule has 1 saturated heterocycles. The van der Waals surface area contributed by atoms with E-state index in [4.69, 9.17) is 21.1 Å². The minimum atomic E-state index is 0.0609. The van der Waals surface area contributed by atoms with Gasteiger partial charge in [-0.2, -0.15) is 0 Å². The third kappa shape index (κ3) is 5.48. The van der Waals surface area contributed by atoms with Crippen LogP contribution in [0.2, 0.25) is 5.02 Å². The molecule has 1 aliphatic carbocycles. The average molecular weight is 444 g/mol. The van der Waals surface area contributed by atoms with Crippen molar-refractivity contribution < 1.29 is 14.3 Å². The summed E-state index contributed by atoms with van der Waals surface area (Å²) in [5.41, 5.74) is 1.15. The fourth-order valence-corrected chi connectivity index (χ4v) is 4.71. The molecule has 2 aliphatic rings. The number of ketones is 1. The van der Waals surface area contributed by atoms with E-state index in [9.17, 15) is 4.79 Å². The summed E-state index contributed by atoms with van der Waals surface area (Å²) in [6, 6.07) is 8.06. The van der Waals surface area contributed by atoms with E-state index in [1.165, 1.54) is 19.2 Å². The highest BCUT2D eigenvalue weighted by Crippen LogP contribution is 2.35. The number of Topliss-reactive ketones (excluding diaryl/α,β-unsaturated/α-hetero) is 1. The van der Waals surface area contributed by atoms with Crippen LogP contribution in [0.5, 0.6) is 11.6 Å². The smallest absolute Gasteiger partial charge is 0.238 e. The number of carbonyl (C=O) groups excluding carboxylic acids is 1. The molecule has 1 aliphatic heterocycles. The summed E-state index contributed by atoms with van der Waals surface area (Å²) in [7, 11) is 0. The molecule has 0 bridgehead atoms. The van der Waals surface area contributed by atoms with Crippen LogP contribution in [0.4, 0.5) is 5.82 Å². The zero-order valence-electron chi connectivity index (χ0n) is 18.2. The third-order valence-corrected chi connectivity index (χ3v) is 6.44. The van der Waals surface area contributed by atoms with E-state index in [1.807, 2.05) is 24.3 Å². The van der Waals surface area contributed by atoms with Crippen LogP contribution in [-0.4, -0.2) is 41.0 Å². The largest absolute Gasteiger partial charge is 0.489 e. The van der Waals surface area contributed by atoms with Crippen molar-refractivity contribution in [2.24, 2.45) is 0 Å². The van der Waals surface area contributed by atoms with Crippen LogP contribution < -0.4 is 14.4 Å². The average Bonchev–Trinajstić information content (AvgIpc) is 3.42. The highest BCUT2D eigenvalue weighted by atomic mass is 35.5. The Morgan fingerprint density at radius 1 is 1.13 bits per heavy atom. The first-order valence-corrected chi connectivity index (χ1v) is 11.6. The molecule has 2 fully saturated rings. The number of benzene rings is 1. The molecule has 1 aromatic heterocycles. The molecule has 7 heteroatoms. The van der Waals surface area contributed by atoms with Crippen LogP contribution in [-0.2, 0) is 4.79 Å². The molecular formula is C24H30ClN3O3. The van der Waals surface area contributed by atoms with E-state index in [0.29, 0.717) is 29.7 Å². The maximum atomic E-state index is 11.3. The van der Waals surface area contributed by atoms with E-state index in [2.05, 4.69) is 21.8 Å². The molecule has 0 unspecified atom stereocenters. The topological polar surface area (TPSA) is 64.5 Å². The quantitative estimate of drug-likeness (QED) is 0.559. The van der Waals surface area contributed by atoms with Crippen molar-refractivity contribution in [1.82, 2.24) is 9.97 Å². The Balaban J connectivity index is 1.36. The minimum absolute atomic E-state index is 0.0609. The van der Waals surface area contributed by atoms with Crippen molar-refractivity contribution >= 4 is 23.2 Å². The molecule has 2 heterocycles. The summed E-state index contributed by atoms with van der Waals surface area (Å²) in [5, 5.41) is 0.485. The Morgan fingerprint density at radius 2 is 1.87 bits per heavy atom. The van der Waals surface area contributed by atoms with E-state index in [1.54, 1.807) is 6.92 Å². The zero-order chi connectivity index (χ0) is 21.8. The van der Waals surface area contributed by atoms with Gasteiger partial charge >= 0.3 is 0 Å². The Hall–Kier alpha value is -2.34. The lowest BCUT2D eigenvalue weighted by molar-refractivity contribution is -0.117. The minimum Gasteiger partial charge on any atom is -0.489 e. The van der Waals surface area contributed by atoms with E-state index >= 15 is 0 Å². The molecule has 2 aromatic rings. The Morgan fingerprint density at radius 3 is 2.58 bits per heavy atom. The molecule has 0 spiro atoms. The molecule has 0 radical (unpaired) electrons. The molecular weight excluding hydrogens is 414 g/mol. The molecule has 4 rings (SSSR count). The second kappa shape index (κ2) is 9.86. The SMILES string of the molecule is CC(=O)C[C@@H](C)c1ccc(O[C@@H]2CCN(c3ncnc(OC4CCCC4)c3Cl)C2)cc1. The van der Waals surface area contributed by atoms with E-state index < -0.39 is 0 Å². The first-order valence-electron chi connectivity index (χ1n) is 11.2. The highest BCUT2D eigenvalue weighted by molar-refractivity contribution is 6.34. The Labute approximate surface area is 188 Å². The summed E-state index contributed by atoms with van der Waals surface area (Å²) in [6.07, 6.45) is 7.75. The summed E-state index contributed by atoms with van der Waals surface area (Å²) in [6.45, 7) is 5.23. The maximum absolute atomic E-state index is 11.3. The van der Waals surface area contributed by atoms with Crippen LogP contribution in [0.1, 0.15) is 63.9 Å². The van der Waals surface area contributed by atoms with Crippen molar-refractivity contribution in [3.63, 3.8) is 0 Å². The lowest BCUT2D eigenvalue weighted by Crippen LogP contribution is -2.26. The van der Waals surface area contributed by atoms with Gasteiger partial charge in [0.05, 0.1) is 6.54 Å². The number of rotatable bonds is 8. The molecule has 166 valence electrons. The van der Waals surface area contributed by atoms with Crippen LogP contribution >= 0.6 is 11.6 Å². The van der Waals surface area contributed by atoms with Gasteiger partial charge in [-0.3, -0.25) is 0 Å². The molecule has 0 N–H and O–H groups in total. The summed E-state index contributed by atoms with van der Waals surface area (Å²) < 4.78 is 12.2. The van der Waals surface area contributed by atoms with Gasteiger partial charge in [0.2, 0.25) is 5.88 Å². The summed E-state index contributed by atoms with van der Waals surface area (Å²) in [5.74, 6) is 2.46. The maximum Gasteiger partial charge on any atom is 0.238 e. The fourth-order valence-electron chi connectivity index (χ4n) is 4.44. The molecule has 1 aromatic carbocycles. The van der Waals surface area contributed by atoms with Gasteiger partial charge in [-0.25, -0.2) is 9.97 Å². The van der Waals surface area contributed by atoms with Crippen molar-refractivity contribution in [3.05, 3.63) is 41.2 Å². The van der Waals surface area contributed by atoms with Crippen LogP contribution in [0.15, 0.2) is 30.6 Å². The van der Waals surface area contributed by atoms with Gasteiger partial charge in [-0.05, 0) is 56.2 Å². The van der Waals surface area contributed by atoms with Crippen molar-refractivity contribution in [2.45, 2.75) is 70.5 Å². The number of hydrogen-bond acceptors (Lipinski definition) is 6. The number of aromatic nitrogens is 2. The Bertz CT molecular complexity index is 899. The molecule has 2 atom stereocenters. The number of nitrogens with zero attached hydrogens (tertiary/aromatic N) is 3. The lowest BCUT2D eigenvalue weighted by Gasteiger charge is -2.21. The zero-order valence-corrected chi connectivity index (χ0v) is 19.0. The second-order valence-corrected chi connectivity index (χ2v) is 9.07. The molecule has 6 nitrogen and oxygen atoms in total. The number of ether oxygens (including phenoxy) is 2. The van der Waals surface area contributed by atoms with Crippen molar-refractivity contribution in [2.75, 3.05) is 18.0 Å². The first kappa shape index (κ1) is 21.9. The first-order chi connectivity index (χ1) is 15.0. The van der Waals surface area contributed by atoms with Gasteiger partial charge in [0.25, 0.3) is 0 Å². The van der Waals surface area contributed by atoms with Gasteiger partial charge < -0.3 is 19.2 Å². The predicted octanol–water partition coefficient (Wildman–Crippen LogP) is 5.19. The molecule has 31 heavy (non-hydrogen) atoms. The number of carbonyl (C=O) groups is 1. The van der Waals surface area contributed by atoms with Gasteiger partial charge in [0.1, 0.15) is 35.1 Å². The monoisotopic (exact) mass is 443 g/mol. The summed E-state index contributed by atoms with van der Waals surface area (Å²) in [4.78, 5) is 22.2. The van der Waals surface area contributed by atoms with E-state index in [0.717, 1.165) is 37.1 Å². The second-order valence-electron chi connectivity index (χ2n) is 8.69.